The second-order valence-electron chi connectivity index (χ2n) is 5.19. The van der Waals surface area contributed by atoms with Crippen LogP contribution >= 0.6 is 11.3 Å². The van der Waals surface area contributed by atoms with Gasteiger partial charge >= 0.3 is 5.97 Å². The number of hydrogen-bond acceptors (Lipinski definition) is 3. The van der Waals surface area contributed by atoms with E-state index in [0.29, 0.717) is 11.5 Å². The summed E-state index contributed by atoms with van der Waals surface area (Å²) in [4.78, 5) is 24.3. The number of carbonyl (C=O) groups is 2. The van der Waals surface area contributed by atoms with E-state index in [1.165, 1.54) is 17.0 Å². The minimum absolute atomic E-state index is 0.0663. The summed E-state index contributed by atoms with van der Waals surface area (Å²) in [6.07, 6.45) is 2.28. The highest BCUT2D eigenvalue weighted by atomic mass is 32.1. The lowest BCUT2D eigenvalue weighted by atomic mass is 10.1. The fourth-order valence-electron chi connectivity index (χ4n) is 2.31. The zero-order chi connectivity index (χ0) is 14.8. The summed E-state index contributed by atoms with van der Waals surface area (Å²) >= 11 is 1.65. The molecule has 1 unspecified atom stereocenters. The summed E-state index contributed by atoms with van der Waals surface area (Å²) in [5.74, 6) is -0.625. The summed E-state index contributed by atoms with van der Waals surface area (Å²) in [5, 5.41) is 13.9. The molecule has 2 N–H and O–H groups in total. The fourth-order valence-corrected chi connectivity index (χ4v) is 3.18. The first-order chi connectivity index (χ1) is 10.1. The van der Waals surface area contributed by atoms with Crippen molar-refractivity contribution in [2.75, 3.05) is 0 Å². The summed E-state index contributed by atoms with van der Waals surface area (Å²) in [7, 11) is 0. The standard InChI is InChI=1S/C16H15NO3S/c18-15(11-5-7-12(8-6-11)16(19)20)17-14(10-3-4-10)13-2-1-9-21-13/h1-2,5-10,14H,3-4H2,(H,17,18)(H,19,20). The van der Waals surface area contributed by atoms with Gasteiger partial charge in [-0.15, -0.1) is 11.3 Å². The molecule has 2 aromatic rings. The van der Waals surface area contributed by atoms with Crippen LogP contribution in [0.1, 0.15) is 44.5 Å². The Morgan fingerprint density at radius 3 is 2.33 bits per heavy atom. The van der Waals surface area contributed by atoms with E-state index in [1.807, 2.05) is 17.5 Å². The predicted molar refractivity (Wildman–Crippen MR) is 80.7 cm³/mol. The Hall–Kier alpha value is -2.14. The first-order valence-corrected chi connectivity index (χ1v) is 7.71. The first kappa shape index (κ1) is 13.8. The molecule has 1 fully saturated rings. The normalized spacial score (nSPS) is 15.4. The molecule has 0 spiro atoms. The maximum atomic E-state index is 12.3. The smallest absolute Gasteiger partial charge is 0.335 e. The monoisotopic (exact) mass is 301 g/mol. The Morgan fingerprint density at radius 2 is 1.81 bits per heavy atom. The van der Waals surface area contributed by atoms with Crippen LogP contribution in [-0.4, -0.2) is 17.0 Å². The number of carboxylic acid groups (broad SMARTS) is 1. The van der Waals surface area contributed by atoms with Crippen molar-refractivity contribution in [2.24, 2.45) is 5.92 Å². The third kappa shape index (κ3) is 3.13. The molecule has 1 aromatic heterocycles. The average Bonchev–Trinajstić information content (AvgIpc) is 3.19. The van der Waals surface area contributed by atoms with Crippen LogP contribution in [0, 0.1) is 5.92 Å². The van der Waals surface area contributed by atoms with Gasteiger partial charge in [0, 0.05) is 10.4 Å². The second-order valence-corrected chi connectivity index (χ2v) is 6.17. The summed E-state index contributed by atoms with van der Waals surface area (Å²) in [6.45, 7) is 0. The van der Waals surface area contributed by atoms with Crippen LogP contribution in [0.25, 0.3) is 0 Å². The van der Waals surface area contributed by atoms with Gasteiger partial charge in [0.05, 0.1) is 11.6 Å². The van der Waals surface area contributed by atoms with Crippen molar-refractivity contribution < 1.29 is 14.7 Å². The largest absolute Gasteiger partial charge is 0.478 e. The van der Waals surface area contributed by atoms with Crippen LogP contribution in [0.15, 0.2) is 41.8 Å². The van der Waals surface area contributed by atoms with Gasteiger partial charge in [0.1, 0.15) is 0 Å². The van der Waals surface area contributed by atoms with Gasteiger partial charge in [-0.2, -0.15) is 0 Å². The zero-order valence-corrected chi connectivity index (χ0v) is 12.1. The van der Waals surface area contributed by atoms with E-state index in [0.717, 1.165) is 12.8 Å². The number of hydrogen-bond donors (Lipinski definition) is 2. The lowest BCUT2D eigenvalue weighted by molar-refractivity contribution is 0.0696. The van der Waals surface area contributed by atoms with Gasteiger partial charge < -0.3 is 10.4 Å². The van der Waals surface area contributed by atoms with Gasteiger partial charge in [0.25, 0.3) is 5.91 Å². The highest BCUT2D eigenvalue weighted by Gasteiger charge is 2.34. The van der Waals surface area contributed by atoms with Crippen LogP contribution < -0.4 is 5.32 Å². The molecule has 0 saturated heterocycles. The van der Waals surface area contributed by atoms with Gasteiger partial charge in [-0.1, -0.05) is 6.07 Å². The first-order valence-electron chi connectivity index (χ1n) is 6.83. The van der Waals surface area contributed by atoms with Crippen LogP contribution in [0.4, 0.5) is 0 Å². The van der Waals surface area contributed by atoms with E-state index in [1.54, 1.807) is 23.5 Å². The van der Waals surface area contributed by atoms with E-state index in [9.17, 15) is 9.59 Å². The molecule has 1 atom stereocenters. The average molecular weight is 301 g/mol. The molecule has 1 amide bonds. The fraction of sp³-hybridized carbons (Fsp3) is 0.250. The summed E-state index contributed by atoms with van der Waals surface area (Å²) in [6, 6.07) is 10.1. The predicted octanol–water partition coefficient (Wildman–Crippen LogP) is 3.33. The Kier molecular flexibility index (Phi) is 3.75. The highest BCUT2D eigenvalue weighted by Crippen LogP contribution is 2.42. The minimum Gasteiger partial charge on any atom is -0.478 e. The molecular formula is C16H15NO3S. The van der Waals surface area contributed by atoms with E-state index >= 15 is 0 Å². The van der Waals surface area contributed by atoms with Gasteiger partial charge in [-0.3, -0.25) is 4.79 Å². The molecule has 0 radical (unpaired) electrons. The van der Waals surface area contributed by atoms with Gasteiger partial charge in [0.2, 0.25) is 0 Å². The van der Waals surface area contributed by atoms with E-state index in [4.69, 9.17) is 5.11 Å². The molecule has 0 bridgehead atoms. The topological polar surface area (TPSA) is 66.4 Å². The number of thiophene rings is 1. The third-order valence-corrected chi connectivity index (χ3v) is 4.58. The van der Waals surface area contributed by atoms with E-state index < -0.39 is 5.97 Å². The molecule has 3 rings (SSSR count). The van der Waals surface area contributed by atoms with Gasteiger partial charge in [-0.05, 0) is 54.5 Å². The number of nitrogens with one attached hydrogen (secondary N) is 1. The van der Waals surface area contributed by atoms with Crippen molar-refractivity contribution in [1.82, 2.24) is 5.32 Å². The number of aromatic carboxylic acids is 1. The number of carboxylic acids is 1. The molecule has 1 aromatic carbocycles. The zero-order valence-electron chi connectivity index (χ0n) is 11.3. The number of benzene rings is 1. The molecule has 1 saturated carbocycles. The Bertz CT molecular complexity index is 645. The Balaban J connectivity index is 1.74. The lowest BCUT2D eigenvalue weighted by Gasteiger charge is -2.17. The SMILES string of the molecule is O=C(O)c1ccc(C(=O)NC(c2cccs2)C2CC2)cc1. The lowest BCUT2D eigenvalue weighted by Crippen LogP contribution is -2.29. The summed E-state index contributed by atoms with van der Waals surface area (Å²) in [5.41, 5.74) is 0.672. The molecule has 5 heteroatoms. The highest BCUT2D eigenvalue weighted by molar-refractivity contribution is 7.10. The van der Waals surface area contributed by atoms with Crippen molar-refractivity contribution in [3.8, 4) is 0 Å². The quantitative estimate of drug-likeness (QED) is 0.890. The molecule has 1 aliphatic carbocycles. The van der Waals surface area contributed by atoms with Crippen LogP contribution in [0.2, 0.25) is 0 Å². The van der Waals surface area contributed by atoms with E-state index in [2.05, 4.69) is 5.32 Å². The Morgan fingerprint density at radius 1 is 1.14 bits per heavy atom. The molecule has 21 heavy (non-hydrogen) atoms. The van der Waals surface area contributed by atoms with Crippen molar-refractivity contribution in [2.45, 2.75) is 18.9 Å². The van der Waals surface area contributed by atoms with Crippen molar-refractivity contribution in [3.05, 3.63) is 57.8 Å². The molecule has 4 nitrogen and oxygen atoms in total. The van der Waals surface area contributed by atoms with Crippen LogP contribution in [0.5, 0.6) is 0 Å². The number of carbonyl (C=O) groups excluding carboxylic acids is 1. The Labute approximate surface area is 126 Å². The second kappa shape index (κ2) is 5.69. The molecule has 1 aliphatic rings. The number of amides is 1. The third-order valence-electron chi connectivity index (χ3n) is 3.62. The maximum Gasteiger partial charge on any atom is 0.335 e. The van der Waals surface area contributed by atoms with Crippen molar-refractivity contribution in [1.29, 1.82) is 0 Å². The van der Waals surface area contributed by atoms with Crippen LogP contribution in [-0.2, 0) is 0 Å². The van der Waals surface area contributed by atoms with Crippen molar-refractivity contribution >= 4 is 23.2 Å². The van der Waals surface area contributed by atoms with Gasteiger partial charge in [0.15, 0.2) is 0 Å². The van der Waals surface area contributed by atoms with Crippen LogP contribution in [0.3, 0.4) is 0 Å². The van der Waals surface area contributed by atoms with E-state index in [-0.39, 0.29) is 17.5 Å². The maximum absolute atomic E-state index is 12.3. The van der Waals surface area contributed by atoms with Gasteiger partial charge in [-0.25, -0.2) is 4.79 Å². The minimum atomic E-state index is -0.989. The summed E-state index contributed by atoms with van der Waals surface area (Å²) < 4.78 is 0. The molecular weight excluding hydrogens is 286 g/mol. The molecule has 0 aliphatic heterocycles. The number of rotatable bonds is 5. The molecule has 1 heterocycles. The molecule has 108 valence electrons. The van der Waals surface area contributed by atoms with Crippen molar-refractivity contribution in [3.63, 3.8) is 0 Å².